The fourth-order valence-electron chi connectivity index (χ4n) is 1.36. The fourth-order valence-corrected chi connectivity index (χ4v) is 1.72. The molecule has 80 valence electrons. The second-order valence-electron chi connectivity index (χ2n) is 3.13. The normalized spacial score (nSPS) is 23.1. The van der Waals surface area contributed by atoms with Crippen LogP contribution in [-0.2, 0) is 14.3 Å². The standard InChI is InChI=1S/C9H14BrNO3/c1-7(10)5-11-3-4-14-8(6-11)9(12)13-2/h8H,1,3-6H2,2H3. The van der Waals surface area contributed by atoms with Crippen molar-refractivity contribution >= 4 is 21.9 Å². The molecule has 1 heterocycles. The Morgan fingerprint density at radius 2 is 2.50 bits per heavy atom. The summed E-state index contributed by atoms with van der Waals surface area (Å²) in [4.78, 5) is 13.3. The zero-order valence-electron chi connectivity index (χ0n) is 8.16. The second-order valence-corrected chi connectivity index (χ2v) is 4.26. The molecule has 1 atom stereocenters. The monoisotopic (exact) mass is 263 g/mol. The number of hydrogen-bond donors (Lipinski definition) is 0. The highest BCUT2D eigenvalue weighted by atomic mass is 79.9. The Morgan fingerprint density at radius 3 is 3.07 bits per heavy atom. The Morgan fingerprint density at radius 1 is 1.79 bits per heavy atom. The SMILES string of the molecule is C=C(Br)CN1CCOC(C(=O)OC)C1. The van der Waals surface area contributed by atoms with Crippen molar-refractivity contribution in [1.29, 1.82) is 0 Å². The summed E-state index contributed by atoms with van der Waals surface area (Å²) in [6.45, 7) is 6.43. The molecule has 0 N–H and O–H groups in total. The molecular formula is C9H14BrNO3. The predicted octanol–water partition coefficient (Wildman–Crippen LogP) is 0.769. The van der Waals surface area contributed by atoms with Gasteiger partial charge in [0.25, 0.3) is 0 Å². The summed E-state index contributed by atoms with van der Waals surface area (Å²) in [5.74, 6) is -0.310. The Balaban J connectivity index is 2.43. The number of ether oxygens (including phenoxy) is 2. The molecule has 0 radical (unpaired) electrons. The largest absolute Gasteiger partial charge is 0.467 e. The molecule has 0 aromatic heterocycles. The van der Waals surface area contributed by atoms with Gasteiger partial charge >= 0.3 is 5.97 Å². The number of morpholine rings is 1. The second kappa shape index (κ2) is 5.48. The van der Waals surface area contributed by atoms with E-state index in [4.69, 9.17) is 4.74 Å². The molecule has 1 rings (SSSR count). The number of carbonyl (C=O) groups is 1. The van der Waals surface area contributed by atoms with Crippen LogP contribution in [0, 0.1) is 0 Å². The molecule has 0 aromatic rings. The van der Waals surface area contributed by atoms with E-state index in [1.165, 1.54) is 7.11 Å². The van der Waals surface area contributed by atoms with Crippen molar-refractivity contribution in [2.45, 2.75) is 6.10 Å². The lowest BCUT2D eigenvalue weighted by Gasteiger charge is -2.31. The van der Waals surface area contributed by atoms with Crippen molar-refractivity contribution < 1.29 is 14.3 Å². The molecule has 1 unspecified atom stereocenters. The highest BCUT2D eigenvalue weighted by Gasteiger charge is 2.27. The summed E-state index contributed by atoms with van der Waals surface area (Å²) in [6.07, 6.45) is -0.458. The highest BCUT2D eigenvalue weighted by molar-refractivity contribution is 9.11. The van der Waals surface area contributed by atoms with Crippen LogP contribution in [0.25, 0.3) is 0 Å². The van der Waals surface area contributed by atoms with Gasteiger partial charge in [0.05, 0.1) is 13.7 Å². The third-order valence-corrected chi connectivity index (χ3v) is 2.26. The van der Waals surface area contributed by atoms with Crippen LogP contribution in [-0.4, -0.2) is 50.3 Å². The molecule has 1 saturated heterocycles. The molecule has 1 aliphatic heterocycles. The number of rotatable bonds is 3. The summed E-state index contributed by atoms with van der Waals surface area (Å²) in [7, 11) is 1.37. The first-order chi connectivity index (χ1) is 6.63. The fraction of sp³-hybridized carbons (Fsp3) is 0.667. The Kier molecular flexibility index (Phi) is 4.57. The molecule has 0 saturated carbocycles. The highest BCUT2D eigenvalue weighted by Crippen LogP contribution is 2.10. The maximum atomic E-state index is 11.2. The molecule has 0 spiro atoms. The predicted molar refractivity (Wildman–Crippen MR) is 56.3 cm³/mol. The van der Waals surface area contributed by atoms with Crippen LogP contribution in [0.1, 0.15) is 0 Å². The molecule has 0 amide bonds. The van der Waals surface area contributed by atoms with Crippen LogP contribution >= 0.6 is 15.9 Å². The Bertz CT molecular complexity index is 232. The average molecular weight is 264 g/mol. The van der Waals surface area contributed by atoms with Crippen molar-refractivity contribution in [2.24, 2.45) is 0 Å². The van der Waals surface area contributed by atoms with E-state index >= 15 is 0 Å². The number of hydrogen-bond acceptors (Lipinski definition) is 4. The molecule has 1 fully saturated rings. The lowest BCUT2D eigenvalue weighted by atomic mass is 10.2. The molecule has 1 aliphatic rings. The molecule has 5 heteroatoms. The van der Waals surface area contributed by atoms with E-state index < -0.39 is 6.10 Å². The summed E-state index contributed by atoms with van der Waals surface area (Å²) >= 11 is 3.29. The summed E-state index contributed by atoms with van der Waals surface area (Å²) in [5, 5.41) is 0. The molecule has 0 bridgehead atoms. The minimum Gasteiger partial charge on any atom is -0.467 e. The van der Waals surface area contributed by atoms with Crippen molar-refractivity contribution in [3.05, 3.63) is 11.1 Å². The van der Waals surface area contributed by atoms with Crippen LogP contribution < -0.4 is 0 Å². The maximum absolute atomic E-state index is 11.2. The third kappa shape index (κ3) is 3.40. The lowest BCUT2D eigenvalue weighted by molar-refractivity contribution is -0.159. The topological polar surface area (TPSA) is 38.8 Å². The van der Waals surface area contributed by atoms with Crippen LogP contribution in [0.15, 0.2) is 11.1 Å². The zero-order valence-corrected chi connectivity index (χ0v) is 9.75. The van der Waals surface area contributed by atoms with Crippen LogP contribution in [0.5, 0.6) is 0 Å². The Hall–Kier alpha value is -0.390. The van der Waals surface area contributed by atoms with Gasteiger partial charge in [0.2, 0.25) is 0 Å². The van der Waals surface area contributed by atoms with E-state index in [9.17, 15) is 4.79 Å². The summed E-state index contributed by atoms with van der Waals surface area (Å²) in [5.41, 5.74) is 0. The van der Waals surface area contributed by atoms with Gasteiger partial charge in [-0.25, -0.2) is 4.79 Å². The van der Waals surface area contributed by atoms with Crippen molar-refractivity contribution in [3.63, 3.8) is 0 Å². The molecular weight excluding hydrogens is 250 g/mol. The van der Waals surface area contributed by atoms with Gasteiger partial charge in [-0.15, -0.1) is 0 Å². The summed E-state index contributed by atoms with van der Waals surface area (Å²) in [6, 6.07) is 0. The number of methoxy groups -OCH3 is 1. The van der Waals surface area contributed by atoms with Gasteiger partial charge in [0.1, 0.15) is 0 Å². The smallest absolute Gasteiger partial charge is 0.336 e. The van der Waals surface area contributed by atoms with Crippen molar-refractivity contribution in [3.8, 4) is 0 Å². The number of halogens is 1. The molecule has 0 aromatic carbocycles. The number of nitrogens with zero attached hydrogens (tertiary/aromatic N) is 1. The quantitative estimate of drug-likeness (QED) is 0.706. The molecule has 14 heavy (non-hydrogen) atoms. The van der Waals surface area contributed by atoms with Gasteiger partial charge in [-0.3, -0.25) is 4.90 Å². The van der Waals surface area contributed by atoms with E-state index in [0.29, 0.717) is 13.2 Å². The van der Waals surface area contributed by atoms with Gasteiger partial charge < -0.3 is 9.47 Å². The van der Waals surface area contributed by atoms with Gasteiger partial charge in [0.15, 0.2) is 6.10 Å². The van der Waals surface area contributed by atoms with Crippen LogP contribution in [0.3, 0.4) is 0 Å². The van der Waals surface area contributed by atoms with E-state index in [1.54, 1.807) is 0 Å². The van der Waals surface area contributed by atoms with Gasteiger partial charge in [-0.05, 0) is 0 Å². The first kappa shape index (κ1) is 11.7. The Labute approximate surface area is 92.0 Å². The third-order valence-electron chi connectivity index (χ3n) is 2.01. The maximum Gasteiger partial charge on any atom is 0.336 e. The lowest BCUT2D eigenvalue weighted by Crippen LogP contribution is -2.46. The first-order valence-electron chi connectivity index (χ1n) is 4.38. The minimum atomic E-state index is -0.458. The van der Waals surface area contributed by atoms with Crippen LogP contribution in [0.2, 0.25) is 0 Å². The van der Waals surface area contributed by atoms with Gasteiger partial charge in [-0.2, -0.15) is 0 Å². The van der Waals surface area contributed by atoms with Crippen molar-refractivity contribution in [2.75, 3.05) is 33.4 Å². The van der Waals surface area contributed by atoms with Crippen molar-refractivity contribution in [1.82, 2.24) is 4.90 Å². The van der Waals surface area contributed by atoms with E-state index in [-0.39, 0.29) is 5.97 Å². The molecule has 0 aliphatic carbocycles. The zero-order chi connectivity index (χ0) is 10.6. The van der Waals surface area contributed by atoms with E-state index in [1.807, 2.05) is 0 Å². The van der Waals surface area contributed by atoms with E-state index in [0.717, 1.165) is 17.6 Å². The first-order valence-corrected chi connectivity index (χ1v) is 5.18. The molecule has 4 nitrogen and oxygen atoms in total. The van der Waals surface area contributed by atoms with Crippen LogP contribution in [0.4, 0.5) is 0 Å². The van der Waals surface area contributed by atoms with E-state index in [2.05, 4.69) is 32.1 Å². The average Bonchev–Trinajstić information content (AvgIpc) is 2.16. The van der Waals surface area contributed by atoms with Gasteiger partial charge in [0, 0.05) is 24.1 Å². The van der Waals surface area contributed by atoms with Gasteiger partial charge in [-0.1, -0.05) is 22.5 Å². The summed E-state index contributed by atoms with van der Waals surface area (Å²) < 4.78 is 10.8. The number of carbonyl (C=O) groups excluding carboxylic acids is 1. The minimum absolute atomic E-state index is 0.310. The number of esters is 1.